The second-order valence-corrected chi connectivity index (χ2v) is 7.34. The highest BCUT2D eigenvalue weighted by Gasteiger charge is 2.20. The lowest BCUT2D eigenvalue weighted by Crippen LogP contribution is -2.31. The number of carbonyl (C=O) groups is 3. The van der Waals surface area contributed by atoms with Crippen molar-refractivity contribution in [3.63, 3.8) is 0 Å². The molecule has 0 fully saturated rings. The fourth-order valence-electron chi connectivity index (χ4n) is 3.09. The average molecular weight is 436 g/mol. The van der Waals surface area contributed by atoms with Crippen molar-refractivity contribution in [2.24, 2.45) is 0 Å². The lowest BCUT2D eigenvalue weighted by molar-refractivity contribution is -0.116. The predicted molar refractivity (Wildman–Crippen MR) is 122 cm³/mol. The average Bonchev–Trinajstić information content (AvgIpc) is 2.74. The molecule has 0 radical (unpaired) electrons. The van der Waals surface area contributed by atoms with E-state index in [1.165, 1.54) is 6.92 Å². The Morgan fingerprint density at radius 3 is 2.16 bits per heavy atom. The van der Waals surface area contributed by atoms with Gasteiger partial charge >= 0.3 is 0 Å². The van der Waals surface area contributed by atoms with Crippen LogP contribution in [-0.4, -0.2) is 17.7 Å². The van der Waals surface area contributed by atoms with E-state index in [1.807, 2.05) is 30.3 Å². The molecule has 0 aliphatic heterocycles. The summed E-state index contributed by atoms with van der Waals surface area (Å²) in [6.45, 7) is 1.41. The van der Waals surface area contributed by atoms with Crippen LogP contribution in [0, 0.1) is 0 Å². The van der Waals surface area contributed by atoms with E-state index in [0.717, 1.165) is 5.56 Å². The van der Waals surface area contributed by atoms with Gasteiger partial charge in [-0.1, -0.05) is 60.1 Å². The Labute approximate surface area is 185 Å². The molecule has 0 saturated carbocycles. The highest BCUT2D eigenvalue weighted by Crippen LogP contribution is 2.22. The first-order valence-electron chi connectivity index (χ1n) is 9.70. The SMILES string of the molecule is CC(=O)Nc1cccc(NC(=O)C[C@@H](NC(=O)c2ccccc2Cl)c2ccccc2)c1. The van der Waals surface area contributed by atoms with Crippen molar-refractivity contribution in [1.82, 2.24) is 5.32 Å². The van der Waals surface area contributed by atoms with Crippen molar-refractivity contribution in [2.45, 2.75) is 19.4 Å². The fraction of sp³-hybridized carbons (Fsp3) is 0.125. The number of rotatable bonds is 7. The molecule has 0 aromatic heterocycles. The van der Waals surface area contributed by atoms with Crippen LogP contribution in [0.2, 0.25) is 5.02 Å². The maximum atomic E-state index is 12.8. The van der Waals surface area contributed by atoms with Gasteiger partial charge in [0.2, 0.25) is 11.8 Å². The van der Waals surface area contributed by atoms with Gasteiger partial charge in [-0.05, 0) is 35.9 Å². The number of nitrogens with one attached hydrogen (secondary N) is 3. The zero-order valence-electron chi connectivity index (χ0n) is 16.9. The molecule has 7 heteroatoms. The number of hydrogen-bond acceptors (Lipinski definition) is 3. The monoisotopic (exact) mass is 435 g/mol. The Balaban J connectivity index is 1.75. The first-order chi connectivity index (χ1) is 14.9. The van der Waals surface area contributed by atoms with E-state index in [9.17, 15) is 14.4 Å². The van der Waals surface area contributed by atoms with Gasteiger partial charge < -0.3 is 16.0 Å². The second kappa shape index (κ2) is 10.4. The van der Waals surface area contributed by atoms with Crippen molar-refractivity contribution >= 4 is 40.7 Å². The first-order valence-corrected chi connectivity index (χ1v) is 10.1. The van der Waals surface area contributed by atoms with Crippen molar-refractivity contribution in [1.29, 1.82) is 0 Å². The maximum Gasteiger partial charge on any atom is 0.253 e. The van der Waals surface area contributed by atoms with Crippen LogP contribution in [0.1, 0.15) is 35.3 Å². The normalized spacial score (nSPS) is 11.3. The van der Waals surface area contributed by atoms with Crippen molar-refractivity contribution in [3.05, 3.63) is 95.0 Å². The second-order valence-electron chi connectivity index (χ2n) is 6.93. The summed E-state index contributed by atoms with van der Waals surface area (Å²) < 4.78 is 0. The molecule has 0 aliphatic carbocycles. The van der Waals surface area contributed by atoms with Crippen LogP contribution in [0.15, 0.2) is 78.9 Å². The van der Waals surface area contributed by atoms with Gasteiger partial charge in [-0.2, -0.15) is 0 Å². The molecule has 6 nitrogen and oxygen atoms in total. The van der Waals surface area contributed by atoms with Gasteiger partial charge in [0, 0.05) is 18.3 Å². The zero-order valence-corrected chi connectivity index (χ0v) is 17.6. The van der Waals surface area contributed by atoms with E-state index < -0.39 is 6.04 Å². The Hall–Kier alpha value is -3.64. The molecule has 31 heavy (non-hydrogen) atoms. The molecule has 3 rings (SSSR count). The molecule has 3 aromatic rings. The van der Waals surface area contributed by atoms with Crippen LogP contribution in [0.5, 0.6) is 0 Å². The van der Waals surface area contributed by atoms with Crippen molar-refractivity contribution < 1.29 is 14.4 Å². The number of anilines is 2. The summed E-state index contributed by atoms with van der Waals surface area (Å²) >= 11 is 6.14. The molecule has 1 atom stereocenters. The number of hydrogen-bond donors (Lipinski definition) is 3. The Kier molecular flexibility index (Phi) is 7.40. The van der Waals surface area contributed by atoms with Crippen molar-refractivity contribution in [2.75, 3.05) is 10.6 Å². The molecule has 3 aromatic carbocycles. The lowest BCUT2D eigenvalue weighted by Gasteiger charge is -2.19. The van der Waals surface area contributed by atoms with E-state index in [-0.39, 0.29) is 24.1 Å². The van der Waals surface area contributed by atoms with Crippen LogP contribution in [0.4, 0.5) is 11.4 Å². The van der Waals surface area contributed by atoms with Gasteiger partial charge in [-0.3, -0.25) is 14.4 Å². The highest BCUT2D eigenvalue weighted by molar-refractivity contribution is 6.33. The van der Waals surface area contributed by atoms with Gasteiger partial charge in [0.15, 0.2) is 0 Å². The minimum Gasteiger partial charge on any atom is -0.345 e. The van der Waals surface area contributed by atoms with E-state index in [1.54, 1.807) is 48.5 Å². The van der Waals surface area contributed by atoms with Crippen LogP contribution in [0.25, 0.3) is 0 Å². The number of amides is 3. The summed E-state index contributed by atoms with van der Waals surface area (Å²) in [4.78, 5) is 36.8. The fourth-order valence-corrected chi connectivity index (χ4v) is 3.32. The van der Waals surface area contributed by atoms with Gasteiger partial charge in [0.05, 0.1) is 23.0 Å². The maximum absolute atomic E-state index is 12.8. The summed E-state index contributed by atoms with van der Waals surface area (Å²) in [6.07, 6.45) is 0.0184. The largest absolute Gasteiger partial charge is 0.345 e. The quantitative estimate of drug-likeness (QED) is 0.498. The van der Waals surface area contributed by atoms with Crippen LogP contribution >= 0.6 is 11.6 Å². The third-order valence-corrected chi connectivity index (χ3v) is 4.81. The molecular formula is C24H22ClN3O3. The number of carbonyl (C=O) groups excluding carboxylic acids is 3. The standard InChI is InChI=1S/C24H22ClN3O3/c1-16(29)26-18-10-7-11-19(14-18)27-23(30)15-22(17-8-3-2-4-9-17)28-24(31)20-12-5-6-13-21(20)25/h2-14,22H,15H2,1H3,(H,26,29)(H,27,30)(H,28,31)/t22-/m1/s1. The van der Waals surface area contributed by atoms with Gasteiger partial charge in [-0.15, -0.1) is 0 Å². The molecule has 0 heterocycles. The van der Waals surface area contributed by atoms with Crippen LogP contribution < -0.4 is 16.0 Å². The smallest absolute Gasteiger partial charge is 0.253 e. The minimum atomic E-state index is -0.552. The number of benzene rings is 3. The molecule has 0 aliphatic rings. The molecule has 0 spiro atoms. The minimum absolute atomic E-state index is 0.0184. The topological polar surface area (TPSA) is 87.3 Å². The Morgan fingerprint density at radius 2 is 1.48 bits per heavy atom. The summed E-state index contributed by atoms with van der Waals surface area (Å²) in [5, 5.41) is 8.73. The van der Waals surface area contributed by atoms with E-state index in [0.29, 0.717) is 22.0 Å². The molecule has 0 bridgehead atoms. The number of halogens is 1. The van der Waals surface area contributed by atoms with E-state index in [4.69, 9.17) is 11.6 Å². The van der Waals surface area contributed by atoms with Crippen LogP contribution in [0.3, 0.4) is 0 Å². The van der Waals surface area contributed by atoms with Gasteiger partial charge in [0.1, 0.15) is 0 Å². The molecule has 158 valence electrons. The van der Waals surface area contributed by atoms with Gasteiger partial charge in [-0.25, -0.2) is 0 Å². The summed E-state index contributed by atoms with van der Waals surface area (Å²) in [5.41, 5.74) is 2.26. The molecule has 3 N–H and O–H groups in total. The third-order valence-electron chi connectivity index (χ3n) is 4.48. The lowest BCUT2D eigenvalue weighted by atomic mass is 10.0. The predicted octanol–water partition coefficient (Wildman–Crippen LogP) is 4.80. The molecule has 0 unspecified atom stereocenters. The zero-order chi connectivity index (χ0) is 22.2. The Bertz CT molecular complexity index is 1090. The highest BCUT2D eigenvalue weighted by atomic mass is 35.5. The van der Waals surface area contributed by atoms with Gasteiger partial charge in [0.25, 0.3) is 5.91 Å². The third kappa shape index (κ3) is 6.42. The summed E-state index contributed by atoms with van der Waals surface area (Å²) in [5.74, 6) is -0.844. The summed E-state index contributed by atoms with van der Waals surface area (Å²) in [6, 6.07) is 22.3. The molecule has 0 saturated heterocycles. The van der Waals surface area contributed by atoms with E-state index >= 15 is 0 Å². The Morgan fingerprint density at radius 1 is 0.839 bits per heavy atom. The van der Waals surface area contributed by atoms with E-state index in [2.05, 4.69) is 16.0 Å². The van der Waals surface area contributed by atoms with Crippen molar-refractivity contribution in [3.8, 4) is 0 Å². The van der Waals surface area contributed by atoms with Crippen LogP contribution in [-0.2, 0) is 9.59 Å². The molecular weight excluding hydrogens is 414 g/mol. The summed E-state index contributed by atoms with van der Waals surface area (Å²) in [7, 11) is 0. The molecule has 3 amide bonds. The first kappa shape index (κ1) is 22.1.